The highest BCUT2D eigenvalue weighted by Crippen LogP contribution is 2.24. The van der Waals surface area contributed by atoms with Crippen molar-refractivity contribution in [2.75, 3.05) is 5.88 Å². The first-order valence-corrected chi connectivity index (χ1v) is 7.27. The third-order valence-corrected chi connectivity index (χ3v) is 4.25. The van der Waals surface area contributed by atoms with Crippen molar-refractivity contribution in [1.29, 1.82) is 0 Å². The van der Waals surface area contributed by atoms with Crippen LogP contribution in [0.5, 0.6) is 0 Å². The molecule has 0 saturated carbocycles. The number of benzene rings is 2. The van der Waals surface area contributed by atoms with Crippen LogP contribution in [0.3, 0.4) is 0 Å². The van der Waals surface area contributed by atoms with Gasteiger partial charge < -0.3 is 5.32 Å². The molecule has 20 heavy (non-hydrogen) atoms. The van der Waals surface area contributed by atoms with Crippen molar-refractivity contribution in [3.05, 3.63) is 70.5 Å². The Morgan fingerprint density at radius 3 is 2.45 bits per heavy atom. The van der Waals surface area contributed by atoms with E-state index in [0.717, 1.165) is 11.1 Å². The third-order valence-electron chi connectivity index (χ3n) is 3.36. The van der Waals surface area contributed by atoms with Crippen molar-refractivity contribution in [2.45, 2.75) is 19.0 Å². The molecule has 1 nitrogen and oxygen atoms in total. The second kappa shape index (κ2) is 6.57. The first-order chi connectivity index (χ1) is 9.55. The van der Waals surface area contributed by atoms with E-state index in [1.807, 2.05) is 37.3 Å². The monoisotopic (exact) mass is 311 g/mol. The zero-order valence-electron chi connectivity index (χ0n) is 11.2. The molecule has 0 aromatic heterocycles. The van der Waals surface area contributed by atoms with Gasteiger partial charge in [0.2, 0.25) is 0 Å². The van der Waals surface area contributed by atoms with E-state index in [2.05, 4.69) is 5.32 Å². The summed E-state index contributed by atoms with van der Waals surface area (Å²) in [7, 11) is 0. The summed E-state index contributed by atoms with van der Waals surface area (Å²) in [5.41, 5.74) is 1.59. The molecule has 0 aliphatic rings. The van der Waals surface area contributed by atoms with Gasteiger partial charge in [0, 0.05) is 17.4 Å². The topological polar surface area (TPSA) is 12.0 Å². The molecule has 2 rings (SSSR count). The van der Waals surface area contributed by atoms with E-state index in [9.17, 15) is 4.39 Å². The lowest BCUT2D eigenvalue weighted by Gasteiger charge is -2.29. The Morgan fingerprint density at radius 1 is 1.15 bits per heavy atom. The summed E-state index contributed by atoms with van der Waals surface area (Å²) in [5, 5.41) is 3.82. The number of halogens is 3. The highest BCUT2D eigenvalue weighted by Gasteiger charge is 2.24. The van der Waals surface area contributed by atoms with Gasteiger partial charge in [-0.05, 0) is 30.2 Å². The summed E-state index contributed by atoms with van der Waals surface area (Å²) < 4.78 is 13.0. The lowest BCUT2D eigenvalue weighted by atomic mass is 9.94. The van der Waals surface area contributed by atoms with Crippen LogP contribution < -0.4 is 5.32 Å². The molecule has 0 radical (unpaired) electrons. The zero-order valence-corrected chi connectivity index (χ0v) is 12.7. The number of alkyl halides is 1. The van der Waals surface area contributed by atoms with E-state index in [1.54, 1.807) is 6.07 Å². The van der Waals surface area contributed by atoms with Crippen LogP contribution in [-0.2, 0) is 12.1 Å². The van der Waals surface area contributed by atoms with Crippen molar-refractivity contribution in [3.8, 4) is 0 Å². The van der Waals surface area contributed by atoms with Gasteiger partial charge in [-0.25, -0.2) is 4.39 Å². The molecule has 0 aliphatic heterocycles. The molecule has 2 aromatic carbocycles. The van der Waals surface area contributed by atoms with Crippen LogP contribution in [0.25, 0.3) is 0 Å². The van der Waals surface area contributed by atoms with Crippen molar-refractivity contribution < 1.29 is 4.39 Å². The lowest BCUT2D eigenvalue weighted by Crippen LogP contribution is -2.40. The summed E-state index contributed by atoms with van der Waals surface area (Å²) in [6.45, 7) is 2.56. The minimum atomic E-state index is -0.361. The molecule has 2 aromatic rings. The van der Waals surface area contributed by atoms with Crippen LogP contribution in [0, 0.1) is 5.82 Å². The smallest absolute Gasteiger partial charge is 0.124 e. The Balaban J connectivity index is 2.15. The Bertz CT molecular complexity index is 574. The van der Waals surface area contributed by atoms with Crippen LogP contribution in [0.4, 0.5) is 4.39 Å². The van der Waals surface area contributed by atoms with Crippen molar-refractivity contribution in [1.82, 2.24) is 5.32 Å². The molecular formula is C16H16Cl2FN. The first kappa shape index (κ1) is 15.3. The molecule has 4 heteroatoms. The van der Waals surface area contributed by atoms with Gasteiger partial charge in [-0.15, -0.1) is 11.6 Å². The summed E-state index contributed by atoms with van der Waals surface area (Å²) >= 11 is 12.2. The molecule has 0 spiro atoms. The fourth-order valence-corrected chi connectivity index (χ4v) is 2.47. The van der Waals surface area contributed by atoms with Gasteiger partial charge in [-0.1, -0.05) is 48.0 Å². The summed E-state index contributed by atoms with van der Waals surface area (Å²) in [6, 6.07) is 14.4. The van der Waals surface area contributed by atoms with Crippen LogP contribution >= 0.6 is 23.2 Å². The predicted octanol–water partition coefficient (Wildman–Crippen LogP) is 4.72. The Hall–Kier alpha value is -1.09. The summed E-state index contributed by atoms with van der Waals surface area (Å²) in [4.78, 5) is 0. The minimum absolute atomic E-state index is 0.332. The zero-order chi connectivity index (χ0) is 14.6. The van der Waals surface area contributed by atoms with Gasteiger partial charge in [0.1, 0.15) is 5.82 Å². The van der Waals surface area contributed by atoms with E-state index >= 15 is 0 Å². The standard InChI is InChI=1S/C16H16Cl2FN/c1-16(11-17,13-5-3-2-4-6-13)20-10-12-7-8-14(19)9-15(12)18/h2-9,20H,10-11H2,1H3. The molecule has 0 saturated heterocycles. The SMILES string of the molecule is CC(CCl)(NCc1ccc(F)cc1Cl)c1ccccc1. The average Bonchev–Trinajstić information content (AvgIpc) is 2.47. The fourth-order valence-electron chi connectivity index (χ4n) is 1.99. The van der Waals surface area contributed by atoms with E-state index in [-0.39, 0.29) is 11.4 Å². The van der Waals surface area contributed by atoms with E-state index in [0.29, 0.717) is 17.4 Å². The maximum absolute atomic E-state index is 13.0. The molecule has 1 unspecified atom stereocenters. The van der Waals surface area contributed by atoms with E-state index in [4.69, 9.17) is 23.2 Å². The molecule has 1 atom stereocenters. The average molecular weight is 312 g/mol. The number of hydrogen-bond donors (Lipinski definition) is 1. The van der Waals surface area contributed by atoms with Crippen LogP contribution in [0.2, 0.25) is 5.02 Å². The Kier molecular flexibility index (Phi) is 5.03. The van der Waals surface area contributed by atoms with Gasteiger partial charge in [-0.2, -0.15) is 0 Å². The fraction of sp³-hybridized carbons (Fsp3) is 0.250. The van der Waals surface area contributed by atoms with Crippen molar-refractivity contribution in [2.24, 2.45) is 0 Å². The van der Waals surface area contributed by atoms with Gasteiger partial charge in [0.05, 0.1) is 5.54 Å². The molecular weight excluding hydrogens is 296 g/mol. The highest BCUT2D eigenvalue weighted by molar-refractivity contribution is 6.31. The van der Waals surface area contributed by atoms with Crippen LogP contribution in [0.1, 0.15) is 18.1 Å². The maximum Gasteiger partial charge on any atom is 0.124 e. The van der Waals surface area contributed by atoms with E-state index in [1.165, 1.54) is 12.1 Å². The number of nitrogens with one attached hydrogen (secondary N) is 1. The van der Waals surface area contributed by atoms with E-state index < -0.39 is 0 Å². The quantitative estimate of drug-likeness (QED) is 0.788. The lowest BCUT2D eigenvalue weighted by molar-refractivity contribution is 0.406. The van der Waals surface area contributed by atoms with Crippen molar-refractivity contribution >= 4 is 23.2 Å². The van der Waals surface area contributed by atoms with Crippen molar-refractivity contribution in [3.63, 3.8) is 0 Å². The molecule has 0 aliphatic carbocycles. The minimum Gasteiger partial charge on any atom is -0.302 e. The molecule has 1 N–H and O–H groups in total. The maximum atomic E-state index is 13.0. The van der Waals surface area contributed by atoms with Gasteiger partial charge in [-0.3, -0.25) is 0 Å². The van der Waals surface area contributed by atoms with Gasteiger partial charge in [0.25, 0.3) is 0 Å². The molecule has 0 bridgehead atoms. The van der Waals surface area contributed by atoms with Crippen LogP contribution in [0.15, 0.2) is 48.5 Å². The highest BCUT2D eigenvalue weighted by atomic mass is 35.5. The Morgan fingerprint density at radius 2 is 1.85 bits per heavy atom. The first-order valence-electron chi connectivity index (χ1n) is 6.35. The molecule has 0 heterocycles. The summed E-state index contributed by atoms with van der Waals surface area (Å²) in [6.07, 6.45) is 0. The largest absolute Gasteiger partial charge is 0.302 e. The van der Waals surface area contributed by atoms with Gasteiger partial charge >= 0.3 is 0 Å². The second-order valence-corrected chi connectivity index (χ2v) is 5.60. The van der Waals surface area contributed by atoms with Crippen LogP contribution in [-0.4, -0.2) is 5.88 Å². The molecule has 0 amide bonds. The Labute approximate surface area is 128 Å². The number of rotatable bonds is 5. The molecule has 106 valence electrons. The second-order valence-electron chi connectivity index (χ2n) is 4.92. The van der Waals surface area contributed by atoms with Gasteiger partial charge in [0.15, 0.2) is 0 Å². The predicted molar refractivity (Wildman–Crippen MR) is 82.8 cm³/mol. The normalized spacial score (nSPS) is 14.0. The third kappa shape index (κ3) is 3.51. The molecule has 0 fully saturated rings. The summed E-state index contributed by atoms with van der Waals surface area (Å²) in [5.74, 6) is 0.0949. The number of hydrogen-bond acceptors (Lipinski definition) is 1.